The number of pyridine rings is 1. The molecule has 0 unspecified atom stereocenters. The van der Waals surface area contributed by atoms with Gasteiger partial charge >= 0.3 is 0 Å². The van der Waals surface area contributed by atoms with Crippen molar-refractivity contribution in [3.63, 3.8) is 0 Å². The standard InChI is InChI=1S/C14H19N3/c1-9(2)12-10-6-7-15-8-11(10)16-13(17-12)14(3,4)5/h6-9H,1-5H3. The first-order valence-corrected chi connectivity index (χ1v) is 6.01. The van der Waals surface area contributed by atoms with Gasteiger partial charge in [-0.15, -0.1) is 0 Å². The van der Waals surface area contributed by atoms with E-state index in [2.05, 4.69) is 44.6 Å². The normalized spacial score (nSPS) is 12.4. The van der Waals surface area contributed by atoms with Crippen molar-refractivity contribution in [3.8, 4) is 0 Å². The van der Waals surface area contributed by atoms with Crippen LogP contribution in [0.1, 0.15) is 52.1 Å². The van der Waals surface area contributed by atoms with Gasteiger partial charge in [0.2, 0.25) is 0 Å². The van der Waals surface area contributed by atoms with Crippen molar-refractivity contribution < 1.29 is 0 Å². The summed E-state index contributed by atoms with van der Waals surface area (Å²) in [4.78, 5) is 13.5. The molecule has 2 aromatic rings. The third kappa shape index (κ3) is 2.28. The fourth-order valence-electron chi connectivity index (χ4n) is 1.78. The van der Waals surface area contributed by atoms with E-state index in [1.54, 1.807) is 6.20 Å². The zero-order chi connectivity index (χ0) is 12.6. The first-order valence-electron chi connectivity index (χ1n) is 6.01. The highest BCUT2D eigenvalue weighted by Crippen LogP contribution is 2.26. The quantitative estimate of drug-likeness (QED) is 0.751. The van der Waals surface area contributed by atoms with E-state index in [0.717, 1.165) is 22.4 Å². The molecule has 2 heterocycles. The summed E-state index contributed by atoms with van der Waals surface area (Å²) in [5.74, 6) is 1.28. The molecule has 2 aromatic heterocycles. The molecule has 3 nitrogen and oxygen atoms in total. The summed E-state index contributed by atoms with van der Waals surface area (Å²) in [5, 5.41) is 1.11. The van der Waals surface area contributed by atoms with Crippen molar-refractivity contribution in [3.05, 3.63) is 30.0 Å². The molecule has 90 valence electrons. The molecule has 0 saturated carbocycles. The van der Waals surface area contributed by atoms with E-state index < -0.39 is 0 Å². The van der Waals surface area contributed by atoms with Gasteiger partial charge in [0, 0.05) is 17.0 Å². The smallest absolute Gasteiger partial charge is 0.134 e. The van der Waals surface area contributed by atoms with Crippen molar-refractivity contribution in [2.24, 2.45) is 0 Å². The van der Waals surface area contributed by atoms with Gasteiger partial charge in [-0.25, -0.2) is 9.97 Å². The van der Waals surface area contributed by atoms with E-state index in [0.29, 0.717) is 5.92 Å². The third-order valence-electron chi connectivity index (χ3n) is 2.75. The number of rotatable bonds is 1. The summed E-state index contributed by atoms with van der Waals surface area (Å²) in [6, 6.07) is 2.00. The summed E-state index contributed by atoms with van der Waals surface area (Å²) in [5.41, 5.74) is 2.02. The molecule has 2 rings (SSSR count). The minimum absolute atomic E-state index is 0.0341. The minimum atomic E-state index is -0.0341. The van der Waals surface area contributed by atoms with Crippen LogP contribution in [-0.4, -0.2) is 15.0 Å². The molecule has 0 radical (unpaired) electrons. The van der Waals surface area contributed by atoms with E-state index >= 15 is 0 Å². The van der Waals surface area contributed by atoms with Crippen LogP contribution in [-0.2, 0) is 5.41 Å². The van der Waals surface area contributed by atoms with Crippen molar-refractivity contribution in [1.29, 1.82) is 0 Å². The second-order valence-electron chi connectivity index (χ2n) is 5.73. The molecule has 0 bridgehead atoms. The van der Waals surface area contributed by atoms with Gasteiger partial charge in [-0.05, 0) is 12.0 Å². The maximum absolute atomic E-state index is 4.73. The Morgan fingerprint density at radius 3 is 2.41 bits per heavy atom. The van der Waals surface area contributed by atoms with Gasteiger partial charge in [-0.1, -0.05) is 34.6 Å². The summed E-state index contributed by atoms with van der Waals surface area (Å²) in [6.45, 7) is 10.7. The van der Waals surface area contributed by atoms with Gasteiger partial charge in [0.05, 0.1) is 17.4 Å². The van der Waals surface area contributed by atoms with E-state index in [9.17, 15) is 0 Å². The Kier molecular flexibility index (Phi) is 2.86. The van der Waals surface area contributed by atoms with E-state index in [1.165, 1.54) is 0 Å². The molecule has 0 N–H and O–H groups in total. The van der Waals surface area contributed by atoms with Crippen molar-refractivity contribution in [2.75, 3.05) is 0 Å². The predicted molar refractivity (Wildman–Crippen MR) is 70.1 cm³/mol. The van der Waals surface area contributed by atoms with E-state index in [4.69, 9.17) is 4.98 Å². The molecule has 0 saturated heterocycles. The average molecular weight is 229 g/mol. The van der Waals surface area contributed by atoms with Crippen LogP contribution in [0.5, 0.6) is 0 Å². The maximum atomic E-state index is 4.73. The Morgan fingerprint density at radius 2 is 1.82 bits per heavy atom. The Bertz CT molecular complexity index is 539. The first-order chi connectivity index (χ1) is 7.89. The highest BCUT2D eigenvalue weighted by Gasteiger charge is 2.20. The highest BCUT2D eigenvalue weighted by atomic mass is 14.9. The molecule has 0 aliphatic carbocycles. The lowest BCUT2D eigenvalue weighted by Crippen LogP contribution is -2.17. The number of hydrogen-bond donors (Lipinski definition) is 0. The van der Waals surface area contributed by atoms with Gasteiger partial charge < -0.3 is 0 Å². The van der Waals surface area contributed by atoms with E-state index in [-0.39, 0.29) is 5.41 Å². The SMILES string of the molecule is CC(C)c1nc(C(C)(C)C)nc2cnccc12. The number of aromatic nitrogens is 3. The zero-order valence-electron chi connectivity index (χ0n) is 11.2. The highest BCUT2D eigenvalue weighted by molar-refractivity contribution is 5.80. The van der Waals surface area contributed by atoms with Crippen molar-refractivity contribution in [1.82, 2.24) is 15.0 Å². The lowest BCUT2D eigenvalue weighted by Gasteiger charge is -2.19. The number of hydrogen-bond acceptors (Lipinski definition) is 3. The van der Waals surface area contributed by atoms with Crippen LogP contribution in [0.4, 0.5) is 0 Å². The topological polar surface area (TPSA) is 38.7 Å². The predicted octanol–water partition coefficient (Wildman–Crippen LogP) is 3.45. The summed E-state index contributed by atoms with van der Waals surface area (Å²) < 4.78 is 0. The largest absolute Gasteiger partial charge is 0.262 e. The second-order valence-corrected chi connectivity index (χ2v) is 5.73. The van der Waals surface area contributed by atoms with Crippen LogP contribution < -0.4 is 0 Å². The fourth-order valence-corrected chi connectivity index (χ4v) is 1.78. The fraction of sp³-hybridized carbons (Fsp3) is 0.500. The molecule has 0 aliphatic rings. The van der Waals surface area contributed by atoms with Gasteiger partial charge in [-0.2, -0.15) is 0 Å². The van der Waals surface area contributed by atoms with Crippen molar-refractivity contribution >= 4 is 10.9 Å². The van der Waals surface area contributed by atoms with Crippen LogP contribution in [0, 0.1) is 0 Å². The molecule has 17 heavy (non-hydrogen) atoms. The summed E-state index contributed by atoms with van der Waals surface area (Å²) in [7, 11) is 0. The van der Waals surface area contributed by atoms with Gasteiger partial charge in [-0.3, -0.25) is 4.98 Å². The molecule has 0 aromatic carbocycles. The Hall–Kier alpha value is -1.51. The van der Waals surface area contributed by atoms with Crippen LogP contribution in [0.2, 0.25) is 0 Å². The molecule has 0 spiro atoms. The molecule has 0 aliphatic heterocycles. The molecule has 3 heteroatoms. The Labute approximate surface area is 102 Å². The third-order valence-corrected chi connectivity index (χ3v) is 2.75. The van der Waals surface area contributed by atoms with E-state index in [1.807, 2.05) is 12.3 Å². The van der Waals surface area contributed by atoms with Crippen LogP contribution >= 0.6 is 0 Å². The lowest BCUT2D eigenvalue weighted by molar-refractivity contribution is 0.543. The monoisotopic (exact) mass is 229 g/mol. The minimum Gasteiger partial charge on any atom is -0.262 e. The van der Waals surface area contributed by atoms with Crippen LogP contribution in [0.3, 0.4) is 0 Å². The van der Waals surface area contributed by atoms with Crippen LogP contribution in [0.25, 0.3) is 10.9 Å². The summed E-state index contributed by atoms with van der Waals surface area (Å²) >= 11 is 0. The molecule has 0 atom stereocenters. The maximum Gasteiger partial charge on any atom is 0.134 e. The van der Waals surface area contributed by atoms with Crippen molar-refractivity contribution in [2.45, 2.75) is 46.0 Å². The number of nitrogens with zero attached hydrogens (tertiary/aromatic N) is 3. The first kappa shape index (κ1) is 12.0. The zero-order valence-corrected chi connectivity index (χ0v) is 11.2. The van der Waals surface area contributed by atoms with Crippen LogP contribution in [0.15, 0.2) is 18.5 Å². The van der Waals surface area contributed by atoms with Gasteiger partial charge in [0.25, 0.3) is 0 Å². The van der Waals surface area contributed by atoms with Gasteiger partial charge in [0.1, 0.15) is 5.82 Å². The number of fused-ring (bicyclic) bond motifs is 1. The molecule has 0 amide bonds. The molecular formula is C14H19N3. The molecule has 0 fully saturated rings. The van der Waals surface area contributed by atoms with Gasteiger partial charge in [0.15, 0.2) is 0 Å². The Balaban J connectivity index is 2.76. The summed E-state index contributed by atoms with van der Waals surface area (Å²) in [6.07, 6.45) is 3.62. The second kappa shape index (κ2) is 4.06. The lowest BCUT2D eigenvalue weighted by atomic mass is 9.94. The average Bonchev–Trinajstić information content (AvgIpc) is 2.26. The Morgan fingerprint density at radius 1 is 1.12 bits per heavy atom. The molecular weight excluding hydrogens is 210 g/mol.